The SMILES string of the molecule is COc1ccc(-c2n[nH]c(-c3ccc4c(c3)OCO4)n2)cc1F. The van der Waals surface area contributed by atoms with Crippen molar-refractivity contribution in [2.75, 3.05) is 13.9 Å². The lowest BCUT2D eigenvalue weighted by Gasteiger charge is -2.02. The molecule has 2 heterocycles. The number of nitrogens with one attached hydrogen (secondary N) is 1. The number of H-pyrrole nitrogens is 1. The second-order valence-corrected chi connectivity index (χ2v) is 4.92. The number of hydrogen-bond acceptors (Lipinski definition) is 5. The van der Waals surface area contributed by atoms with Gasteiger partial charge in [0.15, 0.2) is 34.7 Å². The van der Waals surface area contributed by atoms with Crippen LogP contribution in [0.2, 0.25) is 0 Å². The molecule has 4 rings (SSSR count). The maximum Gasteiger partial charge on any atom is 0.231 e. The first-order valence-electron chi connectivity index (χ1n) is 6.91. The third-order valence-electron chi connectivity index (χ3n) is 3.54. The van der Waals surface area contributed by atoms with Crippen LogP contribution in [0.1, 0.15) is 0 Å². The zero-order valence-electron chi connectivity index (χ0n) is 12.2. The highest BCUT2D eigenvalue weighted by atomic mass is 19.1. The van der Waals surface area contributed by atoms with Crippen LogP contribution in [0.25, 0.3) is 22.8 Å². The Bertz CT molecular complexity index is 879. The zero-order valence-corrected chi connectivity index (χ0v) is 12.2. The minimum absolute atomic E-state index is 0.181. The molecule has 0 aliphatic carbocycles. The van der Waals surface area contributed by atoms with Crippen molar-refractivity contribution in [3.63, 3.8) is 0 Å². The van der Waals surface area contributed by atoms with E-state index < -0.39 is 5.82 Å². The molecule has 0 saturated heterocycles. The Morgan fingerprint density at radius 3 is 2.74 bits per heavy atom. The molecule has 116 valence electrons. The Morgan fingerprint density at radius 2 is 1.91 bits per heavy atom. The summed E-state index contributed by atoms with van der Waals surface area (Å²) in [7, 11) is 1.42. The Labute approximate surface area is 130 Å². The predicted octanol–water partition coefficient (Wildman–Crippen LogP) is 3.02. The van der Waals surface area contributed by atoms with Crippen LogP contribution in [-0.2, 0) is 0 Å². The van der Waals surface area contributed by atoms with Crippen LogP contribution in [0.15, 0.2) is 36.4 Å². The molecular weight excluding hydrogens is 301 g/mol. The van der Waals surface area contributed by atoms with Crippen molar-refractivity contribution in [1.82, 2.24) is 15.2 Å². The molecule has 1 aliphatic heterocycles. The summed E-state index contributed by atoms with van der Waals surface area (Å²) in [6.45, 7) is 0.214. The Morgan fingerprint density at radius 1 is 1.09 bits per heavy atom. The van der Waals surface area contributed by atoms with E-state index in [0.717, 1.165) is 5.56 Å². The minimum Gasteiger partial charge on any atom is -0.494 e. The Kier molecular flexibility index (Phi) is 3.11. The van der Waals surface area contributed by atoms with Crippen LogP contribution >= 0.6 is 0 Å². The minimum atomic E-state index is -0.459. The van der Waals surface area contributed by atoms with Crippen LogP contribution in [0.3, 0.4) is 0 Å². The highest BCUT2D eigenvalue weighted by Crippen LogP contribution is 2.35. The van der Waals surface area contributed by atoms with Crippen molar-refractivity contribution in [2.24, 2.45) is 0 Å². The predicted molar refractivity (Wildman–Crippen MR) is 79.9 cm³/mol. The van der Waals surface area contributed by atoms with Gasteiger partial charge in [0.2, 0.25) is 6.79 Å². The summed E-state index contributed by atoms with van der Waals surface area (Å²) in [6.07, 6.45) is 0. The molecule has 0 unspecified atom stereocenters. The molecule has 6 nitrogen and oxygen atoms in total. The van der Waals surface area contributed by atoms with Gasteiger partial charge in [-0.05, 0) is 36.4 Å². The molecule has 0 fully saturated rings. The van der Waals surface area contributed by atoms with E-state index in [9.17, 15) is 4.39 Å². The van der Waals surface area contributed by atoms with Crippen LogP contribution in [0, 0.1) is 5.82 Å². The summed E-state index contributed by atoms with van der Waals surface area (Å²) in [5, 5.41) is 6.99. The summed E-state index contributed by atoms with van der Waals surface area (Å²) in [5.74, 6) is 2.05. The van der Waals surface area contributed by atoms with E-state index in [2.05, 4.69) is 15.2 Å². The topological polar surface area (TPSA) is 69.3 Å². The molecule has 0 atom stereocenters. The molecule has 3 aromatic rings. The molecule has 1 aromatic heterocycles. The van der Waals surface area contributed by atoms with Gasteiger partial charge in [-0.1, -0.05) is 0 Å². The highest BCUT2D eigenvalue weighted by Gasteiger charge is 2.16. The first kappa shape index (κ1) is 13.6. The van der Waals surface area contributed by atoms with Crippen LogP contribution in [0.5, 0.6) is 17.2 Å². The van der Waals surface area contributed by atoms with E-state index in [0.29, 0.717) is 28.7 Å². The van der Waals surface area contributed by atoms with Crippen molar-refractivity contribution >= 4 is 0 Å². The van der Waals surface area contributed by atoms with Gasteiger partial charge in [-0.2, -0.15) is 5.10 Å². The van der Waals surface area contributed by atoms with Crippen molar-refractivity contribution in [3.8, 4) is 40.0 Å². The van der Waals surface area contributed by atoms with Gasteiger partial charge in [0, 0.05) is 11.1 Å². The number of benzene rings is 2. The van der Waals surface area contributed by atoms with Crippen molar-refractivity contribution in [2.45, 2.75) is 0 Å². The summed E-state index contributed by atoms with van der Waals surface area (Å²) in [5.41, 5.74) is 1.37. The average molecular weight is 313 g/mol. The standard InChI is InChI=1S/C16H12FN3O3/c1-21-12-4-2-9(6-11(12)17)15-18-16(20-19-15)10-3-5-13-14(7-10)23-8-22-13/h2-7H,8H2,1H3,(H,18,19,20). The highest BCUT2D eigenvalue weighted by molar-refractivity contribution is 5.65. The molecule has 0 radical (unpaired) electrons. The molecule has 2 aromatic carbocycles. The molecule has 7 heteroatoms. The van der Waals surface area contributed by atoms with E-state index in [1.54, 1.807) is 12.1 Å². The molecule has 0 saturated carbocycles. The second kappa shape index (κ2) is 5.28. The van der Waals surface area contributed by atoms with Crippen molar-refractivity contribution < 1.29 is 18.6 Å². The van der Waals surface area contributed by atoms with E-state index in [1.807, 2.05) is 18.2 Å². The van der Waals surface area contributed by atoms with Crippen molar-refractivity contribution in [3.05, 3.63) is 42.2 Å². The number of fused-ring (bicyclic) bond motifs is 1. The van der Waals surface area contributed by atoms with Gasteiger partial charge < -0.3 is 14.2 Å². The van der Waals surface area contributed by atoms with E-state index >= 15 is 0 Å². The number of methoxy groups -OCH3 is 1. The fraction of sp³-hybridized carbons (Fsp3) is 0.125. The van der Waals surface area contributed by atoms with E-state index in [4.69, 9.17) is 14.2 Å². The molecule has 1 N–H and O–H groups in total. The fourth-order valence-electron chi connectivity index (χ4n) is 2.37. The lowest BCUT2D eigenvalue weighted by Crippen LogP contribution is -1.92. The van der Waals surface area contributed by atoms with Gasteiger partial charge in [0.05, 0.1) is 7.11 Å². The molecule has 0 bridgehead atoms. The average Bonchev–Trinajstić information content (AvgIpc) is 3.23. The Hall–Kier alpha value is -3.09. The molecular formula is C16H12FN3O3. The lowest BCUT2D eigenvalue weighted by atomic mass is 10.2. The fourth-order valence-corrected chi connectivity index (χ4v) is 2.37. The number of ether oxygens (including phenoxy) is 3. The van der Waals surface area contributed by atoms with E-state index in [-0.39, 0.29) is 12.5 Å². The largest absolute Gasteiger partial charge is 0.494 e. The number of hydrogen-bond donors (Lipinski definition) is 1. The maximum atomic E-state index is 13.8. The summed E-state index contributed by atoms with van der Waals surface area (Å²) in [6, 6.07) is 10.1. The van der Waals surface area contributed by atoms with Gasteiger partial charge in [0.1, 0.15) is 0 Å². The number of aromatic nitrogens is 3. The third kappa shape index (κ3) is 2.36. The lowest BCUT2D eigenvalue weighted by molar-refractivity contribution is 0.174. The van der Waals surface area contributed by atoms with Gasteiger partial charge >= 0.3 is 0 Å². The van der Waals surface area contributed by atoms with Crippen LogP contribution < -0.4 is 14.2 Å². The van der Waals surface area contributed by atoms with E-state index in [1.165, 1.54) is 13.2 Å². The third-order valence-corrected chi connectivity index (χ3v) is 3.54. The van der Waals surface area contributed by atoms with Crippen molar-refractivity contribution in [1.29, 1.82) is 0 Å². The summed E-state index contributed by atoms with van der Waals surface area (Å²) in [4.78, 5) is 4.40. The monoisotopic (exact) mass is 313 g/mol. The first-order chi connectivity index (χ1) is 11.2. The summed E-state index contributed by atoms with van der Waals surface area (Å²) >= 11 is 0. The smallest absolute Gasteiger partial charge is 0.231 e. The first-order valence-corrected chi connectivity index (χ1v) is 6.91. The number of aromatic amines is 1. The van der Waals surface area contributed by atoms with Crippen LogP contribution in [0.4, 0.5) is 4.39 Å². The Balaban J connectivity index is 1.68. The van der Waals surface area contributed by atoms with Crippen LogP contribution in [-0.4, -0.2) is 29.1 Å². The number of nitrogens with zero attached hydrogens (tertiary/aromatic N) is 2. The summed E-state index contributed by atoms with van der Waals surface area (Å²) < 4.78 is 29.3. The zero-order chi connectivity index (χ0) is 15.8. The number of halogens is 1. The van der Waals surface area contributed by atoms with Gasteiger partial charge in [-0.25, -0.2) is 9.37 Å². The molecule has 0 spiro atoms. The van der Waals surface area contributed by atoms with Gasteiger partial charge in [0.25, 0.3) is 0 Å². The second-order valence-electron chi connectivity index (χ2n) is 4.92. The maximum absolute atomic E-state index is 13.8. The quantitative estimate of drug-likeness (QED) is 0.805. The normalized spacial score (nSPS) is 12.4. The molecule has 0 amide bonds. The number of rotatable bonds is 3. The van der Waals surface area contributed by atoms with Gasteiger partial charge in [-0.3, -0.25) is 5.10 Å². The molecule has 23 heavy (non-hydrogen) atoms. The molecule has 1 aliphatic rings. The van der Waals surface area contributed by atoms with Gasteiger partial charge in [-0.15, -0.1) is 0 Å².